The minimum atomic E-state index is -4.04. The molecule has 0 aliphatic rings. The molecule has 0 aromatic heterocycles. The van der Waals surface area contributed by atoms with Gasteiger partial charge in [-0.25, -0.2) is 0 Å². The third-order valence-electron chi connectivity index (χ3n) is 3.67. The number of oxime groups is 1. The molecule has 0 amide bonds. The average Bonchev–Trinajstić information content (AvgIpc) is 2.70. The minimum Gasteiger partial charge on any atom is -0.497 e. The van der Waals surface area contributed by atoms with Crippen LogP contribution in [-0.2, 0) is 14.4 Å². The highest BCUT2D eigenvalue weighted by molar-refractivity contribution is 7.86. The number of nitrogens with zero attached hydrogens (tertiary/aromatic N) is 1. The second-order valence-corrected chi connectivity index (χ2v) is 6.90. The van der Waals surface area contributed by atoms with Crippen LogP contribution >= 0.6 is 0 Å². The minimum absolute atomic E-state index is 0.00234. The van der Waals surface area contributed by atoms with Crippen molar-refractivity contribution in [3.05, 3.63) is 96.1 Å². The maximum absolute atomic E-state index is 12.4. The van der Waals surface area contributed by atoms with Crippen LogP contribution in [0.4, 0.5) is 0 Å². The largest absolute Gasteiger partial charge is 0.497 e. The van der Waals surface area contributed by atoms with Crippen LogP contribution in [0.3, 0.4) is 0 Å². The second kappa shape index (κ2) is 7.84. The van der Waals surface area contributed by atoms with E-state index >= 15 is 0 Å². The smallest absolute Gasteiger partial charge is 0.358 e. The molecular formula is C20H17NO4S. The Balaban J connectivity index is 1.95. The molecule has 0 atom stereocenters. The van der Waals surface area contributed by atoms with E-state index in [1.54, 1.807) is 12.1 Å². The first kappa shape index (κ1) is 17.7. The van der Waals surface area contributed by atoms with E-state index in [1.807, 2.05) is 60.7 Å². The van der Waals surface area contributed by atoms with Crippen molar-refractivity contribution in [2.45, 2.75) is 4.90 Å². The van der Waals surface area contributed by atoms with Gasteiger partial charge in [-0.2, -0.15) is 8.42 Å². The van der Waals surface area contributed by atoms with Crippen LogP contribution in [0.1, 0.15) is 11.1 Å². The van der Waals surface area contributed by atoms with Crippen LogP contribution in [0.15, 0.2) is 95.0 Å². The van der Waals surface area contributed by atoms with Crippen molar-refractivity contribution < 1.29 is 17.4 Å². The lowest BCUT2D eigenvalue weighted by Gasteiger charge is -2.08. The van der Waals surface area contributed by atoms with E-state index < -0.39 is 10.1 Å². The number of hydrogen-bond donors (Lipinski definition) is 0. The first-order valence-electron chi connectivity index (χ1n) is 7.87. The van der Waals surface area contributed by atoms with Gasteiger partial charge in [0.25, 0.3) is 0 Å². The van der Waals surface area contributed by atoms with Crippen LogP contribution in [0, 0.1) is 0 Å². The zero-order valence-corrected chi connectivity index (χ0v) is 14.9. The van der Waals surface area contributed by atoms with Gasteiger partial charge in [0.2, 0.25) is 0 Å². The van der Waals surface area contributed by atoms with Gasteiger partial charge in [0.15, 0.2) is 0 Å². The monoisotopic (exact) mass is 367 g/mol. The van der Waals surface area contributed by atoms with Crippen molar-refractivity contribution in [1.29, 1.82) is 0 Å². The van der Waals surface area contributed by atoms with Crippen molar-refractivity contribution in [2.75, 3.05) is 7.11 Å². The Hall–Kier alpha value is -3.12. The molecule has 0 aliphatic carbocycles. The number of ether oxygens (including phenoxy) is 1. The third kappa shape index (κ3) is 4.10. The SMILES string of the molecule is COc1ccc(S(=O)(=O)ON=C(c2ccccc2)c2ccccc2)cc1. The molecule has 0 radical (unpaired) electrons. The van der Waals surface area contributed by atoms with E-state index in [0.29, 0.717) is 11.5 Å². The predicted molar refractivity (Wildman–Crippen MR) is 99.8 cm³/mol. The van der Waals surface area contributed by atoms with Gasteiger partial charge >= 0.3 is 10.1 Å². The van der Waals surface area contributed by atoms with Gasteiger partial charge < -0.3 is 4.74 Å². The first-order chi connectivity index (χ1) is 12.6. The molecule has 0 spiro atoms. The lowest BCUT2D eigenvalue weighted by molar-refractivity contribution is 0.339. The van der Waals surface area contributed by atoms with Crippen LogP contribution < -0.4 is 4.74 Å². The highest BCUT2D eigenvalue weighted by Crippen LogP contribution is 2.19. The number of hydrogen-bond acceptors (Lipinski definition) is 5. The number of rotatable bonds is 6. The molecule has 0 bridgehead atoms. The zero-order chi connectivity index (χ0) is 18.4. The Morgan fingerprint density at radius 3 is 1.73 bits per heavy atom. The Labute approximate surface area is 152 Å². The second-order valence-electron chi connectivity index (χ2n) is 5.38. The molecule has 132 valence electrons. The summed E-state index contributed by atoms with van der Waals surface area (Å²) in [5, 5.41) is 3.95. The van der Waals surface area contributed by atoms with Crippen LogP contribution in [0.25, 0.3) is 0 Å². The summed E-state index contributed by atoms with van der Waals surface area (Å²) in [7, 11) is -2.53. The lowest BCUT2D eigenvalue weighted by atomic mass is 10.0. The average molecular weight is 367 g/mol. The van der Waals surface area contributed by atoms with Crippen molar-refractivity contribution in [3.63, 3.8) is 0 Å². The van der Waals surface area contributed by atoms with E-state index in [4.69, 9.17) is 9.02 Å². The molecule has 5 nitrogen and oxygen atoms in total. The quantitative estimate of drug-likeness (QED) is 0.490. The van der Waals surface area contributed by atoms with E-state index in [2.05, 4.69) is 5.16 Å². The molecule has 0 N–H and O–H groups in total. The van der Waals surface area contributed by atoms with Crippen molar-refractivity contribution in [2.24, 2.45) is 5.16 Å². The van der Waals surface area contributed by atoms with Crippen molar-refractivity contribution in [3.8, 4) is 5.75 Å². The van der Waals surface area contributed by atoms with Crippen LogP contribution in [-0.4, -0.2) is 21.2 Å². The standard InChI is InChI=1S/C20H17NO4S/c1-24-18-12-14-19(15-13-18)26(22,23)25-21-20(16-8-4-2-5-9-16)17-10-6-3-7-11-17/h2-15H,1H3. The highest BCUT2D eigenvalue weighted by Gasteiger charge is 2.17. The van der Waals surface area contributed by atoms with E-state index in [-0.39, 0.29) is 4.90 Å². The molecule has 26 heavy (non-hydrogen) atoms. The molecule has 3 aromatic carbocycles. The van der Waals surface area contributed by atoms with Gasteiger partial charge in [-0.1, -0.05) is 65.8 Å². The summed E-state index contributed by atoms with van der Waals surface area (Å²) in [5.41, 5.74) is 1.94. The molecular weight excluding hydrogens is 350 g/mol. The normalized spacial score (nSPS) is 10.8. The summed E-state index contributed by atoms with van der Waals surface area (Å²) in [6.07, 6.45) is 0. The first-order valence-corrected chi connectivity index (χ1v) is 9.27. The summed E-state index contributed by atoms with van der Waals surface area (Å²) in [6.45, 7) is 0. The summed E-state index contributed by atoms with van der Waals surface area (Å²) in [4.78, 5) is 0.00234. The molecule has 3 rings (SSSR count). The van der Waals surface area contributed by atoms with Gasteiger partial charge in [0, 0.05) is 11.1 Å². The maximum Gasteiger partial charge on any atom is 0.358 e. The molecule has 6 heteroatoms. The maximum atomic E-state index is 12.4. The number of benzene rings is 3. The summed E-state index contributed by atoms with van der Waals surface area (Å²) in [6, 6.07) is 24.5. The Bertz CT molecular complexity index is 942. The van der Waals surface area contributed by atoms with E-state index in [1.165, 1.54) is 19.2 Å². The lowest BCUT2D eigenvalue weighted by Crippen LogP contribution is -2.08. The van der Waals surface area contributed by atoms with Crippen molar-refractivity contribution >= 4 is 15.8 Å². The van der Waals surface area contributed by atoms with Crippen molar-refractivity contribution in [1.82, 2.24) is 0 Å². The molecule has 0 saturated heterocycles. The molecule has 3 aromatic rings. The Kier molecular flexibility index (Phi) is 5.34. The van der Waals surface area contributed by atoms with Crippen LogP contribution in [0.2, 0.25) is 0 Å². The molecule has 0 unspecified atom stereocenters. The van der Waals surface area contributed by atoms with E-state index in [9.17, 15) is 8.42 Å². The topological polar surface area (TPSA) is 65.0 Å². The Morgan fingerprint density at radius 2 is 1.27 bits per heavy atom. The van der Waals surface area contributed by atoms with Gasteiger partial charge in [-0.15, -0.1) is 0 Å². The highest BCUT2D eigenvalue weighted by atomic mass is 32.2. The van der Waals surface area contributed by atoms with Gasteiger partial charge in [-0.3, -0.25) is 4.28 Å². The fourth-order valence-corrected chi connectivity index (χ4v) is 3.06. The summed E-state index contributed by atoms with van der Waals surface area (Å²) in [5.74, 6) is 0.557. The predicted octanol–water partition coefficient (Wildman–Crippen LogP) is 3.85. The molecule has 0 aliphatic heterocycles. The Morgan fingerprint density at radius 1 is 0.769 bits per heavy atom. The van der Waals surface area contributed by atoms with Gasteiger partial charge in [0.05, 0.1) is 7.11 Å². The third-order valence-corrected chi connectivity index (χ3v) is 4.79. The zero-order valence-electron chi connectivity index (χ0n) is 14.1. The summed E-state index contributed by atoms with van der Waals surface area (Å²) >= 11 is 0. The molecule has 0 heterocycles. The number of methoxy groups -OCH3 is 1. The molecule has 0 fully saturated rings. The van der Waals surface area contributed by atoms with Gasteiger partial charge in [0.1, 0.15) is 16.4 Å². The fraction of sp³-hybridized carbons (Fsp3) is 0.0500. The van der Waals surface area contributed by atoms with Gasteiger partial charge in [-0.05, 0) is 24.3 Å². The van der Waals surface area contributed by atoms with E-state index in [0.717, 1.165) is 11.1 Å². The fourth-order valence-electron chi connectivity index (χ4n) is 2.34. The van der Waals surface area contributed by atoms with Crippen LogP contribution in [0.5, 0.6) is 5.75 Å². The molecule has 0 saturated carbocycles. The summed E-state index contributed by atoms with van der Waals surface area (Å²) < 4.78 is 34.9.